The number of hydrazone groups is 1. The molecule has 0 aliphatic heterocycles. The highest BCUT2D eigenvalue weighted by Crippen LogP contribution is 2.13. The molecule has 3 rings (SSSR count). The Morgan fingerprint density at radius 2 is 1.29 bits per heavy atom. The van der Waals surface area contributed by atoms with Crippen LogP contribution in [0, 0.1) is 6.92 Å². The number of nitrogens with one attached hydrogen (secondary N) is 1. The van der Waals surface area contributed by atoms with E-state index in [0.717, 1.165) is 5.56 Å². The standard InChI is InChI=1S/C21H19N3O3S/c1-16-12-14-19(15-13-16)28(26,27)24-22-20(17-8-4-2-5-9-17)21(23-25)18-10-6-3-7-11-18/h2-15,24-25H,1H3. The van der Waals surface area contributed by atoms with Crippen molar-refractivity contribution in [3.8, 4) is 0 Å². The number of benzene rings is 3. The van der Waals surface area contributed by atoms with Gasteiger partial charge in [0.2, 0.25) is 0 Å². The van der Waals surface area contributed by atoms with Crippen LogP contribution in [0.5, 0.6) is 0 Å². The monoisotopic (exact) mass is 393 g/mol. The van der Waals surface area contributed by atoms with Crippen LogP contribution in [0.1, 0.15) is 16.7 Å². The molecule has 0 aliphatic rings. The molecule has 0 fully saturated rings. The zero-order chi connectivity index (χ0) is 20.0. The van der Waals surface area contributed by atoms with Crippen molar-refractivity contribution < 1.29 is 13.6 Å². The molecule has 0 bridgehead atoms. The molecule has 0 saturated heterocycles. The summed E-state index contributed by atoms with van der Waals surface area (Å²) in [4.78, 5) is 2.34. The van der Waals surface area contributed by atoms with Crippen molar-refractivity contribution in [1.82, 2.24) is 4.83 Å². The predicted molar refractivity (Wildman–Crippen MR) is 109 cm³/mol. The third-order valence-electron chi connectivity index (χ3n) is 4.03. The summed E-state index contributed by atoms with van der Waals surface area (Å²) in [5.74, 6) is 0. The molecule has 0 aromatic heterocycles. The number of hydrogen-bond donors (Lipinski definition) is 2. The molecule has 0 unspecified atom stereocenters. The third kappa shape index (κ3) is 4.44. The first-order chi connectivity index (χ1) is 13.5. The lowest BCUT2D eigenvalue weighted by atomic mass is 10.00. The normalized spacial score (nSPS) is 12.6. The van der Waals surface area contributed by atoms with Gasteiger partial charge < -0.3 is 5.21 Å². The Kier molecular flexibility index (Phi) is 5.86. The molecule has 0 spiro atoms. The topological polar surface area (TPSA) is 91.1 Å². The first-order valence-electron chi connectivity index (χ1n) is 8.51. The molecular formula is C21H19N3O3S. The Bertz CT molecular complexity index is 1090. The molecule has 6 nitrogen and oxygen atoms in total. The number of oxime groups is 1. The zero-order valence-corrected chi connectivity index (χ0v) is 16.0. The lowest BCUT2D eigenvalue weighted by Crippen LogP contribution is -2.25. The van der Waals surface area contributed by atoms with E-state index >= 15 is 0 Å². The van der Waals surface area contributed by atoms with Crippen molar-refractivity contribution in [3.05, 3.63) is 102 Å². The lowest BCUT2D eigenvalue weighted by Gasteiger charge is -2.11. The van der Waals surface area contributed by atoms with Crippen LogP contribution >= 0.6 is 0 Å². The van der Waals surface area contributed by atoms with Crippen molar-refractivity contribution in [1.29, 1.82) is 0 Å². The van der Waals surface area contributed by atoms with Gasteiger partial charge in [-0.05, 0) is 19.1 Å². The van der Waals surface area contributed by atoms with E-state index in [1.165, 1.54) is 12.1 Å². The van der Waals surface area contributed by atoms with Crippen LogP contribution in [-0.2, 0) is 10.0 Å². The van der Waals surface area contributed by atoms with Crippen molar-refractivity contribution in [3.63, 3.8) is 0 Å². The minimum absolute atomic E-state index is 0.0939. The van der Waals surface area contributed by atoms with E-state index in [4.69, 9.17) is 0 Å². The number of nitrogens with zero attached hydrogens (tertiary/aromatic N) is 2. The van der Waals surface area contributed by atoms with E-state index < -0.39 is 10.0 Å². The van der Waals surface area contributed by atoms with Crippen molar-refractivity contribution in [2.45, 2.75) is 11.8 Å². The van der Waals surface area contributed by atoms with Crippen molar-refractivity contribution in [2.24, 2.45) is 10.3 Å². The minimum Gasteiger partial charge on any atom is -0.410 e. The van der Waals surface area contributed by atoms with E-state index in [1.54, 1.807) is 60.7 Å². The Morgan fingerprint density at radius 3 is 1.79 bits per heavy atom. The van der Waals surface area contributed by atoms with Gasteiger partial charge in [-0.1, -0.05) is 83.5 Å². The van der Waals surface area contributed by atoms with Crippen LogP contribution < -0.4 is 4.83 Å². The largest absolute Gasteiger partial charge is 0.410 e. The second kappa shape index (κ2) is 8.49. The Hall–Kier alpha value is -3.45. The van der Waals surface area contributed by atoms with Gasteiger partial charge >= 0.3 is 0 Å². The second-order valence-corrected chi connectivity index (χ2v) is 7.71. The van der Waals surface area contributed by atoms with Crippen LogP contribution in [0.3, 0.4) is 0 Å². The first-order valence-corrected chi connectivity index (χ1v) is 9.99. The molecule has 0 heterocycles. The fraction of sp³-hybridized carbons (Fsp3) is 0.0476. The molecule has 0 amide bonds. The van der Waals surface area contributed by atoms with Gasteiger partial charge in [0.25, 0.3) is 10.0 Å². The Morgan fingerprint density at radius 1 is 0.786 bits per heavy atom. The SMILES string of the molecule is Cc1ccc(S(=O)(=O)NN=C(C(=NO)c2ccccc2)c2ccccc2)cc1. The quantitative estimate of drug-likeness (QED) is 0.381. The smallest absolute Gasteiger partial charge is 0.276 e. The lowest BCUT2D eigenvalue weighted by molar-refractivity contribution is 0.320. The number of rotatable bonds is 6. The summed E-state index contributed by atoms with van der Waals surface area (Å²) < 4.78 is 25.2. The van der Waals surface area contributed by atoms with Gasteiger partial charge in [-0.3, -0.25) is 0 Å². The highest BCUT2D eigenvalue weighted by Gasteiger charge is 2.18. The third-order valence-corrected chi connectivity index (χ3v) is 5.25. The molecular weight excluding hydrogens is 374 g/mol. The van der Waals surface area contributed by atoms with Crippen LogP contribution in [0.4, 0.5) is 0 Å². The average Bonchev–Trinajstić information content (AvgIpc) is 2.72. The summed E-state index contributed by atoms with van der Waals surface area (Å²) in [6.07, 6.45) is 0. The maximum atomic E-state index is 12.6. The molecule has 0 atom stereocenters. The van der Waals surface area contributed by atoms with E-state index in [2.05, 4.69) is 15.1 Å². The summed E-state index contributed by atoms with van der Waals surface area (Å²) in [5, 5.41) is 17.1. The van der Waals surface area contributed by atoms with Crippen molar-refractivity contribution in [2.75, 3.05) is 0 Å². The second-order valence-electron chi connectivity index (χ2n) is 6.05. The summed E-state index contributed by atoms with van der Waals surface area (Å²) >= 11 is 0. The van der Waals surface area contributed by atoms with Crippen LogP contribution in [0.25, 0.3) is 0 Å². The maximum absolute atomic E-state index is 12.6. The highest BCUT2D eigenvalue weighted by atomic mass is 32.2. The van der Waals surface area contributed by atoms with Gasteiger partial charge in [-0.15, -0.1) is 0 Å². The van der Waals surface area contributed by atoms with Gasteiger partial charge in [0.1, 0.15) is 11.4 Å². The van der Waals surface area contributed by atoms with Gasteiger partial charge in [0, 0.05) is 11.1 Å². The van der Waals surface area contributed by atoms with E-state index in [-0.39, 0.29) is 16.3 Å². The first kappa shape index (κ1) is 19.3. The Labute approximate surface area is 163 Å². The molecule has 0 saturated carbocycles. The molecule has 142 valence electrons. The van der Waals surface area contributed by atoms with Gasteiger partial charge in [0.05, 0.1) is 4.90 Å². The van der Waals surface area contributed by atoms with Crippen LogP contribution in [0.15, 0.2) is 100 Å². The Balaban J connectivity index is 2.03. The average molecular weight is 393 g/mol. The predicted octanol–water partition coefficient (Wildman–Crippen LogP) is 3.56. The van der Waals surface area contributed by atoms with E-state index in [0.29, 0.717) is 11.1 Å². The fourth-order valence-corrected chi connectivity index (χ4v) is 3.38. The molecule has 3 aromatic rings. The van der Waals surface area contributed by atoms with Gasteiger partial charge in [0.15, 0.2) is 0 Å². The molecule has 0 aliphatic carbocycles. The highest BCUT2D eigenvalue weighted by molar-refractivity contribution is 7.89. The molecule has 28 heavy (non-hydrogen) atoms. The molecule has 3 aromatic carbocycles. The number of aryl methyl sites for hydroxylation is 1. The summed E-state index contributed by atoms with van der Waals surface area (Å²) in [5.41, 5.74) is 2.50. The van der Waals surface area contributed by atoms with Crippen LogP contribution in [-0.4, -0.2) is 25.0 Å². The number of sulfonamides is 1. The minimum atomic E-state index is -3.88. The summed E-state index contributed by atoms with van der Waals surface area (Å²) in [6.45, 7) is 1.87. The van der Waals surface area contributed by atoms with Gasteiger partial charge in [-0.2, -0.15) is 18.4 Å². The zero-order valence-electron chi connectivity index (χ0n) is 15.1. The molecule has 0 radical (unpaired) electrons. The van der Waals surface area contributed by atoms with Crippen LogP contribution in [0.2, 0.25) is 0 Å². The van der Waals surface area contributed by atoms with Crippen molar-refractivity contribution >= 4 is 21.4 Å². The summed E-state index contributed by atoms with van der Waals surface area (Å²) in [7, 11) is -3.88. The summed E-state index contributed by atoms with van der Waals surface area (Å²) in [6, 6.07) is 24.3. The number of hydrogen-bond acceptors (Lipinski definition) is 5. The van der Waals surface area contributed by atoms with Gasteiger partial charge in [-0.25, -0.2) is 0 Å². The maximum Gasteiger partial charge on any atom is 0.276 e. The molecule has 2 N–H and O–H groups in total. The van der Waals surface area contributed by atoms with E-state index in [1.807, 2.05) is 19.1 Å². The van der Waals surface area contributed by atoms with E-state index in [9.17, 15) is 13.6 Å². The fourth-order valence-electron chi connectivity index (χ4n) is 2.56. The molecule has 7 heteroatoms.